The Hall–Kier alpha value is -2.70. The average molecular weight is 278 g/mol. The van der Waals surface area contributed by atoms with E-state index in [0.29, 0.717) is 4.74 Å². The molecular formula is C13H14N2O5. The van der Waals surface area contributed by atoms with E-state index in [9.17, 15) is 14.9 Å². The highest BCUT2D eigenvalue weighted by Gasteiger charge is 2.19. The number of nitroso groups, excluding NO2 is 1. The van der Waals surface area contributed by atoms with Crippen LogP contribution in [0.5, 0.6) is 5.75 Å². The van der Waals surface area contributed by atoms with Gasteiger partial charge in [-0.05, 0) is 30.3 Å². The van der Waals surface area contributed by atoms with E-state index in [1.54, 1.807) is 6.92 Å². The molecule has 7 nitrogen and oxygen atoms in total. The van der Waals surface area contributed by atoms with Crippen molar-refractivity contribution in [3.8, 4) is 5.75 Å². The molecule has 0 aliphatic carbocycles. The second kappa shape index (κ2) is 7.67. The molecule has 0 amide bonds. The van der Waals surface area contributed by atoms with Gasteiger partial charge in [0.05, 0.1) is 6.61 Å². The van der Waals surface area contributed by atoms with E-state index in [4.69, 9.17) is 9.47 Å². The van der Waals surface area contributed by atoms with Crippen molar-refractivity contribution in [1.82, 2.24) is 0 Å². The number of carbonyl (C=O) groups excluding carboxylic acids is 1. The summed E-state index contributed by atoms with van der Waals surface area (Å²) in [6, 6.07) is 4.30. The van der Waals surface area contributed by atoms with E-state index in [0.717, 1.165) is 6.21 Å². The number of hydrogen-bond acceptors (Lipinski definition) is 6. The van der Waals surface area contributed by atoms with Crippen LogP contribution in [0, 0.1) is 10.1 Å². The molecule has 0 heterocycles. The van der Waals surface area contributed by atoms with Crippen molar-refractivity contribution in [2.45, 2.75) is 6.92 Å². The largest absolute Gasteiger partial charge is 0.618 e. The van der Waals surface area contributed by atoms with Crippen LogP contribution in [0.1, 0.15) is 6.92 Å². The van der Waals surface area contributed by atoms with Gasteiger partial charge in [0.1, 0.15) is 0 Å². The molecule has 0 aromatic heterocycles. The Kier molecular flexibility index (Phi) is 5.89. The first-order valence-corrected chi connectivity index (χ1v) is 5.81. The molecule has 0 aliphatic rings. The molecule has 0 saturated carbocycles. The number of carbonyl (C=O) groups is 1. The Balaban J connectivity index is 3.06. The van der Waals surface area contributed by atoms with Crippen molar-refractivity contribution >= 4 is 23.6 Å². The topological polar surface area (TPSA) is 91.0 Å². The summed E-state index contributed by atoms with van der Waals surface area (Å²) in [5.74, 6) is -0.517. The lowest BCUT2D eigenvalue weighted by Gasteiger charge is -2.10. The third-order valence-electron chi connectivity index (χ3n) is 2.19. The Morgan fingerprint density at radius 1 is 1.55 bits per heavy atom. The third kappa shape index (κ3) is 3.91. The van der Waals surface area contributed by atoms with Crippen LogP contribution in [-0.4, -0.2) is 30.1 Å². The second-order valence-corrected chi connectivity index (χ2v) is 3.52. The fourth-order valence-electron chi connectivity index (χ4n) is 1.43. The highest BCUT2D eigenvalue weighted by Crippen LogP contribution is 2.36. The van der Waals surface area contributed by atoms with Gasteiger partial charge >= 0.3 is 5.97 Å². The molecule has 1 aromatic rings. The van der Waals surface area contributed by atoms with E-state index in [1.165, 1.54) is 24.3 Å². The van der Waals surface area contributed by atoms with Gasteiger partial charge in [-0.25, -0.2) is 4.79 Å². The molecule has 0 atom stereocenters. The lowest BCUT2D eigenvalue weighted by Crippen LogP contribution is -2.15. The molecule has 1 aromatic carbocycles. The smallest absolute Gasteiger partial charge is 0.344 e. The van der Waals surface area contributed by atoms with Crippen LogP contribution >= 0.6 is 0 Å². The van der Waals surface area contributed by atoms with Gasteiger partial charge in [-0.15, -0.1) is 4.91 Å². The summed E-state index contributed by atoms with van der Waals surface area (Å²) in [4.78, 5) is 22.0. The molecular weight excluding hydrogens is 264 g/mol. The second-order valence-electron chi connectivity index (χ2n) is 3.52. The molecule has 0 aliphatic heterocycles. The highest BCUT2D eigenvalue weighted by atomic mass is 16.6. The number of hydrogen-bond donors (Lipinski definition) is 0. The summed E-state index contributed by atoms with van der Waals surface area (Å²) in [7, 11) is 0. The fraction of sp³-hybridized carbons (Fsp3) is 0.231. The van der Waals surface area contributed by atoms with Gasteiger partial charge in [0.25, 0.3) is 5.69 Å². The van der Waals surface area contributed by atoms with E-state index in [1.807, 2.05) is 0 Å². The normalized spacial score (nSPS) is 10.8. The Labute approximate surface area is 115 Å². The van der Waals surface area contributed by atoms with Crippen LogP contribution in [0.4, 0.5) is 11.4 Å². The molecule has 0 saturated heterocycles. The Morgan fingerprint density at radius 3 is 2.90 bits per heavy atom. The van der Waals surface area contributed by atoms with Gasteiger partial charge in [-0.1, -0.05) is 12.6 Å². The maximum Gasteiger partial charge on any atom is 0.344 e. The standard InChI is InChI=1S/C13H14N2O5/c1-3-8-15(18)13-10(14-17)6-5-7-11(13)20-9-12(16)19-4-2/h3,5-8H,1,4,9H2,2H3/b15-8+. The van der Waals surface area contributed by atoms with E-state index >= 15 is 0 Å². The van der Waals surface area contributed by atoms with Crippen molar-refractivity contribution in [2.24, 2.45) is 5.18 Å². The predicted molar refractivity (Wildman–Crippen MR) is 73.6 cm³/mol. The number of ether oxygens (including phenoxy) is 2. The summed E-state index contributed by atoms with van der Waals surface area (Å²) in [5.41, 5.74) is -0.189. The number of allylic oxidation sites excluding steroid dienone is 1. The average Bonchev–Trinajstić information content (AvgIpc) is 2.45. The van der Waals surface area contributed by atoms with Crippen molar-refractivity contribution in [3.05, 3.63) is 41.0 Å². The molecule has 7 heteroatoms. The minimum atomic E-state index is -0.576. The minimum absolute atomic E-state index is 0.0586. The molecule has 0 fully saturated rings. The molecule has 0 N–H and O–H groups in total. The van der Waals surface area contributed by atoms with Gasteiger partial charge in [0.15, 0.2) is 24.3 Å². The highest BCUT2D eigenvalue weighted by molar-refractivity contribution is 5.74. The lowest BCUT2D eigenvalue weighted by atomic mass is 10.2. The van der Waals surface area contributed by atoms with Crippen LogP contribution < -0.4 is 4.74 Å². The number of nitrogens with zero attached hydrogens (tertiary/aromatic N) is 2. The van der Waals surface area contributed by atoms with Gasteiger partial charge in [0, 0.05) is 0 Å². The van der Waals surface area contributed by atoms with Crippen molar-refractivity contribution in [2.75, 3.05) is 13.2 Å². The Morgan fingerprint density at radius 2 is 2.30 bits per heavy atom. The third-order valence-corrected chi connectivity index (χ3v) is 2.19. The van der Waals surface area contributed by atoms with Crippen LogP contribution in [0.2, 0.25) is 0 Å². The molecule has 1 rings (SSSR count). The lowest BCUT2D eigenvalue weighted by molar-refractivity contribution is -0.354. The first kappa shape index (κ1) is 15.4. The van der Waals surface area contributed by atoms with Crippen molar-refractivity contribution in [1.29, 1.82) is 0 Å². The molecule has 0 bridgehead atoms. The van der Waals surface area contributed by atoms with Crippen LogP contribution in [0.15, 0.2) is 36.0 Å². The summed E-state index contributed by atoms with van der Waals surface area (Å²) in [6.07, 6.45) is 2.35. The minimum Gasteiger partial charge on any atom is -0.618 e. The fourth-order valence-corrected chi connectivity index (χ4v) is 1.43. The van der Waals surface area contributed by atoms with Crippen molar-refractivity contribution < 1.29 is 19.0 Å². The monoisotopic (exact) mass is 278 g/mol. The summed E-state index contributed by atoms with van der Waals surface area (Å²) in [5, 5.41) is 14.6. The van der Waals surface area contributed by atoms with Crippen LogP contribution in [0.3, 0.4) is 0 Å². The van der Waals surface area contributed by atoms with E-state index in [-0.39, 0.29) is 30.3 Å². The summed E-state index contributed by atoms with van der Waals surface area (Å²) in [6.45, 7) is 4.91. The van der Waals surface area contributed by atoms with E-state index in [2.05, 4.69) is 11.8 Å². The van der Waals surface area contributed by atoms with Crippen molar-refractivity contribution in [3.63, 3.8) is 0 Å². The number of para-hydroxylation sites is 1. The Bertz CT molecular complexity index is 540. The maximum atomic E-state index is 11.8. The maximum absolute atomic E-state index is 11.8. The molecule has 0 radical (unpaired) electrons. The zero-order valence-electron chi connectivity index (χ0n) is 10.9. The summed E-state index contributed by atoms with van der Waals surface area (Å²) >= 11 is 0. The van der Waals surface area contributed by atoms with Gasteiger partial charge in [-0.3, -0.25) is 0 Å². The number of rotatable bonds is 7. The first-order valence-electron chi connectivity index (χ1n) is 5.81. The van der Waals surface area contributed by atoms with E-state index < -0.39 is 5.97 Å². The SMILES string of the molecule is C=C/C=[N+](/[O-])c1c(N=O)cccc1OCC(=O)OCC. The first-order chi connectivity index (χ1) is 9.63. The molecule has 106 valence electrons. The summed E-state index contributed by atoms with van der Waals surface area (Å²) < 4.78 is 10.3. The van der Waals surface area contributed by atoms with Crippen LogP contribution in [0.25, 0.3) is 0 Å². The number of benzene rings is 1. The molecule has 20 heavy (non-hydrogen) atoms. The van der Waals surface area contributed by atoms with Gasteiger partial charge in [-0.2, -0.15) is 4.74 Å². The van der Waals surface area contributed by atoms with Gasteiger partial charge < -0.3 is 14.7 Å². The quantitative estimate of drug-likeness (QED) is 0.191. The molecule has 0 unspecified atom stereocenters. The zero-order valence-corrected chi connectivity index (χ0v) is 10.9. The van der Waals surface area contributed by atoms with Gasteiger partial charge in [0.2, 0.25) is 0 Å². The van der Waals surface area contributed by atoms with Crippen LogP contribution in [-0.2, 0) is 9.53 Å². The zero-order chi connectivity index (χ0) is 15.0. The predicted octanol–water partition coefficient (Wildman–Crippen LogP) is 2.42. The molecule has 0 spiro atoms. The number of esters is 1.